The lowest BCUT2D eigenvalue weighted by Crippen LogP contribution is -2.06. The number of ether oxygens (including phenoxy) is 1. The molecule has 5 heteroatoms. The highest BCUT2D eigenvalue weighted by Gasteiger charge is 2.06. The summed E-state index contributed by atoms with van der Waals surface area (Å²) in [7, 11) is 1.67. The molecule has 0 amide bonds. The van der Waals surface area contributed by atoms with Crippen molar-refractivity contribution in [3.05, 3.63) is 48.0 Å². The van der Waals surface area contributed by atoms with E-state index >= 15 is 0 Å². The Kier molecular flexibility index (Phi) is 4.52. The summed E-state index contributed by atoms with van der Waals surface area (Å²) in [6.07, 6.45) is 3.70. The Bertz CT molecular complexity index is 510. The average molecular weight is 263 g/mol. The van der Waals surface area contributed by atoms with Gasteiger partial charge in [-0.3, -0.25) is 4.68 Å². The van der Waals surface area contributed by atoms with Gasteiger partial charge < -0.3 is 10.1 Å². The molecule has 0 saturated carbocycles. The third-order valence-corrected chi connectivity index (χ3v) is 2.91. The van der Waals surface area contributed by atoms with E-state index in [1.807, 2.05) is 17.8 Å². The molecule has 0 aliphatic carbocycles. The van der Waals surface area contributed by atoms with Crippen LogP contribution in [0.1, 0.15) is 18.5 Å². The zero-order valence-corrected chi connectivity index (χ0v) is 11.1. The fourth-order valence-electron chi connectivity index (χ4n) is 1.83. The zero-order chi connectivity index (χ0) is 13.7. The average Bonchev–Trinajstić information content (AvgIpc) is 2.84. The van der Waals surface area contributed by atoms with Crippen molar-refractivity contribution in [2.24, 2.45) is 0 Å². The summed E-state index contributed by atoms with van der Waals surface area (Å²) in [6.45, 7) is 3.39. The normalized spacial score (nSPS) is 12.4. The molecule has 0 radical (unpaired) electrons. The topological polar surface area (TPSA) is 39.1 Å². The number of benzene rings is 1. The molecule has 1 atom stereocenters. The number of anilines is 1. The molecule has 4 nitrogen and oxygen atoms in total. The van der Waals surface area contributed by atoms with E-state index in [2.05, 4.69) is 10.4 Å². The molecule has 102 valence electrons. The van der Waals surface area contributed by atoms with Crippen LogP contribution in [0.4, 0.5) is 10.1 Å². The third kappa shape index (κ3) is 3.79. The molecule has 1 aromatic heterocycles. The van der Waals surface area contributed by atoms with Gasteiger partial charge in [-0.1, -0.05) is 12.1 Å². The van der Waals surface area contributed by atoms with Gasteiger partial charge in [0, 0.05) is 19.3 Å². The number of nitrogens with one attached hydrogen (secondary N) is 1. The van der Waals surface area contributed by atoms with E-state index in [9.17, 15) is 4.39 Å². The van der Waals surface area contributed by atoms with Gasteiger partial charge in [-0.25, -0.2) is 4.39 Å². The van der Waals surface area contributed by atoms with Crippen molar-refractivity contribution in [3.8, 4) is 0 Å². The first kappa shape index (κ1) is 13.5. The van der Waals surface area contributed by atoms with Gasteiger partial charge in [0.1, 0.15) is 5.82 Å². The maximum Gasteiger partial charge on any atom is 0.123 e. The molecular weight excluding hydrogens is 245 g/mol. The number of hydrogen-bond acceptors (Lipinski definition) is 3. The molecule has 0 aliphatic heterocycles. The second-order valence-corrected chi connectivity index (χ2v) is 4.40. The Morgan fingerprint density at radius 1 is 1.37 bits per heavy atom. The highest BCUT2D eigenvalue weighted by molar-refractivity contribution is 5.41. The molecule has 1 heterocycles. The molecule has 1 aromatic carbocycles. The Morgan fingerprint density at radius 3 is 2.79 bits per heavy atom. The fraction of sp³-hybridized carbons (Fsp3) is 0.357. The van der Waals surface area contributed by atoms with Crippen LogP contribution in [-0.2, 0) is 11.3 Å². The number of nitrogens with zero attached hydrogens (tertiary/aromatic N) is 2. The minimum atomic E-state index is -0.219. The van der Waals surface area contributed by atoms with Crippen LogP contribution in [0.2, 0.25) is 0 Å². The van der Waals surface area contributed by atoms with Crippen LogP contribution < -0.4 is 5.32 Å². The van der Waals surface area contributed by atoms with Gasteiger partial charge in [0.25, 0.3) is 0 Å². The molecule has 0 aliphatic rings. The Hall–Kier alpha value is -1.88. The predicted octanol–water partition coefficient (Wildman–Crippen LogP) is 2.84. The second-order valence-electron chi connectivity index (χ2n) is 4.40. The fourth-order valence-corrected chi connectivity index (χ4v) is 1.83. The van der Waals surface area contributed by atoms with Crippen molar-refractivity contribution in [1.29, 1.82) is 0 Å². The maximum atomic E-state index is 12.9. The molecule has 0 saturated heterocycles. The van der Waals surface area contributed by atoms with E-state index in [1.54, 1.807) is 25.4 Å². The summed E-state index contributed by atoms with van der Waals surface area (Å²) in [5.41, 5.74) is 1.97. The maximum absolute atomic E-state index is 12.9. The summed E-state index contributed by atoms with van der Waals surface area (Å²) in [5, 5.41) is 7.56. The SMILES string of the molecule is COCCn1cc(NC(C)c2ccc(F)cc2)cn1. The van der Waals surface area contributed by atoms with Gasteiger partial charge in [0.2, 0.25) is 0 Å². The van der Waals surface area contributed by atoms with Crippen LogP contribution in [0.5, 0.6) is 0 Å². The quantitative estimate of drug-likeness (QED) is 0.871. The van der Waals surface area contributed by atoms with Crippen molar-refractivity contribution < 1.29 is 9.13 Å². The molecule has 1 N–H and O–H groups in total. The summed E-state index contributed by atoms with van der Waals surface area (Å²) in [5.74, 6) is -0.219. The largest absolute Gasteiger partial charge is 0.383 e. The van der Waals surface area contributed by atoms with Crippen molar-refractivity contribution in [1.82, 2.24) is 9.78 Å². The molecule has 0 spiro atoms. The van der Waals surface area contributed by atoms with Gasteiger partial charge in [-0.05, 0) is 24.6 Å². The highest BCUT2D eigenvalue weighted by atomic mass is 19.1. The summed E-state index contributed by atoms with van der Waals surface area (Å²) >= 11 is 0. The van der Waals surface area contributed by atoms with Crippen LogP contribution in [0.15, 0.2) is 36.7 Å². The van der Waals surface area contributed by atoms with Crippen LogP contribution in [0.3, 0.4) is 0 Å². The van der Waals surface area contributed by atoms with Crippen LogP contribution in [0, 0.1) is 5.82 Å². The van der Waals surface area contributed by atoms with E-state index in [0.29, 0.717) is 6.61 Å². The Labute approximate surface area is 112 Å². The number of halogens is 1. The lowest BCUT2D eigenvalue weighted by molar-refractivity contribution is 0.183. The number of methoxy groups -OCH3 is 1. The van der Waals surface area contributed by atoms with Gasteiger partial charge >= 0.3 is 0 Å². The van der Waals surface area contributed by atoms with E-state index in [4.69, 9.17) is 4.74 Å². The van der Waals surface area contributed by atoms with Crippen molar-refractivity contribution in [3.63, 3.8) is 0 Å². The summed E-state index contributed by atoms with van der Waals surface area (Å²) in [6, 6.07) is 6.59. The molecule has 0 fully saturated rings. The van der Waals surface area contributed by atoms with Crippen LogP contribution in [-0.4, -0.2) is 23.5 Å². The molecule has 0 bridgehead atoms. The zero-order valence-electron chi connectivity index (χ0n) is 11.1. The third-order valence-electron chi connectivity index (χ3n) is 2.91. The lowest BCUT2D eigenvalue weighted by Gasteiger charge is -2.13. The molecule has 2 rings (SSSR count). The first-order chi connectivity index (χ1) is 9.19. The first-order valence-corrected chi connectivity index (χ1v) is 6.22. The summed E-state index contributed by atoms with van der Waals surface area (Å²) < 4.78 is 19.7. The molecular formula is C14H18FN3O. The summed E-state index contributed by atoms with van der Waals surface area (Å²) in [4.78, 5) is 0. The first-order valence-electron chi connectivity index (χ1n) is 6.22. The van der Waals surface area contributed by atoms with Crippen LogP contribution >= 0.6 is 0 Å². The molecule has 2 aromatic rings. The van der Waals surface area contributed by atoms with E-state index in [0.717, 1.165) is 17.8 Å². The standard InChI is InChI=1S/C14H18FN3O/c1-11(12-3-5-13(15)6-4-12)17-14-9-16-18(10-14)7-8-19-2/h3-6,9-11,17H,7-8H2,1-2H3. The van der Waals surface area contributed by atoms with E-state index in [1.165, 1.54) is 12.1 Å². The number of aromatic nitrogens is 2. The number of rotatable bonds is 6. The van der Waals surface area contributed by atoms with Crippen molar-refractivity contribution >= 4 is 5.69 Å². The van der Waals surface area contributed by atoms with Gasteiger partial charge in [0.15, 0.2) is 0 Å². The monoisotopic (exact) mass is 263 g/mol. The highest BCUT2D eigenvalue weighted by Crippen LogP contribution is 2.18. The van der Waals surface area contributed by atoms with Crippen molar-refractivity contribution in [2.75, 3.05) is 19.0 Å². The lowest BCUT2D eigenvalue weighted by atomic mass is 10.1. The molecule has 1 unspecified atom stereocenters. The van der Waals surface area contributed by atoms with Crippen molar-refractivity contribution in [2.45, 2.75) is 19.5 Å². The van der Waals surface area contributed by atoms with E-state index in [-0.39, 0.29) is 11.9 Å². The van der Waals surface area contributed by atoms with Gasteiger partial charge in [0.05, 0.1) is 25.0 Å². The minimum Gasteiger partial charge on any atom is -0.383 e. The number of hydrogen-bond donors (Lipinski definition) is 1. The predicted molar refractivity (Wildman–Crippen MR) is 72.5 cm³/mol. The van der Waals surface area contributed by atoms with E-state index < -0.39 is 0 Å². The Balaban J connectivity index is 1.96. The minimum absolute atomic E-state index is 0.0978. The van der Waals surface area contributed by atoms with Gasteiger partial charge in [-0.15, -0.1) is 0 Å². The smallest absolute Gasteiger partial charge is 0.123 e. The molecule has 19 heavy (non-hydrogen) atoms. The van der Waals surface area contributed by atoms with Gasteiger partial charge in [-0.2, -0.15) is 5.10 Å². The van der Waals surface area contributed by atoms with Crippen LogP contribution in [0.25, 0.3) is 0 Å². The Morgan fingerprint density at radius 2 is 2.11 bits per heavy atom. The second kappa shape index (κ2) is 6.33.